The summed E-state index contributed by atoms with van der Waals surface area (Å²) < 4.78 is 26.6. The molecule has 4 rings (SSSR count). The molecule has 1 aliphatic heterocycles. The van der Waals surface area contributed by atoms with Crippen LogP contribution >= 0.6 is 23.1 Å². The fourth-order valence-electron chi connectivity index (χ4n) is 3.61. The smallest absolute Gasteiger partial charge is 0.348 e. The zero-order valence-electron chi connectivity index (χ0n) is 17.4. The van der Waals surface area contributed by atoms with Gasteiger partial charge in [0.1, 0.15) is 15.5 Å². The molecule has 0 spiro atoms. The van der Waals surface area contributed by atoms with Crippen LogP contribution < -0.4 is 5.56 Å². The summed E-state index contributed by atoms with van der Waals surface area (Å²) in [4.78, 5) is 31.4. The third-order valence-electron chi connectivity index (χ3n) is 5.20. The van der Waals surface area contributed by atoms with E-state index in [1.165, 1.54) is 17.8 Å². The highest BCUT2D eigenvalue weighted by Gasteiger charge is 2.25. The first-order chi connectivity index (χ1) is 15.0. The van der Waals surface area contributed by atoms with E-state index in [0.717, 1.165) is 24.2 Å². The maximum Gasteiger partial charge on any atom is 0.348 e. The van der Waals surface area contributed by atoms with E-state index < -0.39 is 5.97 Å². The monoisotopic (exact) mass is 462 g/mol. The summed E-state index contributed by atoms with van der Waals surface area (Å²) in [6.45, 7) is 4.80. The number of carbonyl (C=O) groups is 1. The molecule has 3 aromatic rings. The molecule has 0 bridgehead atoms. The maximum atomic E-state index is 14.1. The number of fused-ring (bicyclic) bond motifs is 1. The van der Waals surface area contributed by atoms with Crippen molar-refractivity contribution in [1.29, 1.82) is 0 Å². The molecule has 1 aliphatic rings. The van der Waals surface area contributed by atoms with Crippen LogP contribution in [-0.2, 0) is 21.8 Å². The van der Waals surface area contributed by atoms with Crippen LogP contribution in [0, 0.1) is 12.7 Å². The predicted molar refractivity (Wildman–Crippen MR) is 120 cm³/mol. The highest BCUT2D eigenvalue weighted by Crippen LogP contribution is 2.31. The lowest BCUT2D eigenvalue weighted by molar-refractivity contribution is 0.0531. The molecule has 0 aliphatic carbocycles. The summed E-state index contributed by atoms with van der Waals surface area (Å²) in [5.74, 6) is -0.403. The van der Waals surface area contributed by atoms with Crippen molar-refractivity contribution in [2.24, 2.45) is 0 Å². The minimum absolute atomic E-state index is 0.0618. The van der Waals surface area contributed by atoms with Crippen LogP contribution in [0.15, 0.2) is 34.2 Å². The second-order valence-electron chi connectivity index (χ2n) is 7.28. The number of aryl methyl sites for hydroxylation is 1. The fraction of sp³-hybridized carbons (Fsp3) is 0.409. The van der Waals surface area contributed by atoms with Crippen LogP contribution in [0.4, 0.5) is 4.39 Å². The molecule has 0 N–H and O–H groups in total. The zero-order valence-corrected chi connectivity index (χ0v) is 19.0. The number of halogens is 1. The number of hydrogen-bond donors (Lipinski definition) is 0. The number of hydrogen-bond acceptors (Lipinski definition) is 7. The van der Waals surface area contributed by atoms with Crippen LogP contribution in [0.3, 0.4) is 0 Å². The van der Waals surface area contributed by atoms with Gasteiger partial charge in [-0.1, -0.05) is 30.0 Å². The molecule has 164 valence electrons. The van der Waals surface area contributed by atoms with Gasteiger partial charge in [-0.25, -0.2) is 14.2 Å². The first kappa shape index (κ1) is 22.0. The molecule has 2 aromatic heterocycles. The van der Waals surface area contributed by atoms with Crippen LogP contribution in [0.1, 0.15) is 40.6 Å². The number of nitrogens with zero attached hydrogens (tertiary/aromatic N) is 2. The summed E-state index contributed by atoms with van der Waals surface area (Å²) in [6.07, 6.45) is 1.77. The molecular formula is C22H23FN2O4S2. The molecule has 0 amide bonds. The Labute approximate surface area is 187 Å². The van der Waals surface area contributed by atoms with Crippen molar-refractivity contribution >= 4 is 39.3 Å². The van der Waals surface area contributed by atoms with Crippen molar-refractivity contribution in [3.8, 4) is 0 Å². The minimum Gasteiger partial charge on any atom is -0.462 e. The van der Waals surface area contributed by atoms with Crippen LogP contribution in [0.25, 0.3) is 10.2 Å². The molecule has 0 saturated carbocycles. The molecule has 1 atom stereocenters. The molecule has 0 unspecified atom stereocenters. The Bertz CT molecular complexity index is 1170. The Hall–Kier alpha value is -2.23. The van der Waals surface area contributed by atoms with Gasteiger partial charge in [0.15, 0.2) is 5.16 Å². The summed E-state index contributed by atoms with van der Waals surface area (Å²) in [7, 11) is 0. The number of aromatic nitrogens is 2. The molecule has 3 heterocycles. The van der Waals surface area contributed by atoms with Gasteiger partial charge in [0.25, 0.3) is 5.56 Å². The van der Waals surface area contributed by atoms with E-state index in [-0.39, 0.29) is 24.1 Å². The SMILES string of the molecule is CCOC(=O)c1sc2nc(SCc3ccccc3F)n(C[C@H]3CCCO3)c(=O)c2c1C. The van der Waals surface area contributed by atoms with E-state index in [4.69, 9.17) is 14.5 Å². The van der Waals surface area contributed by atoms with Crippen molar-refractivity contribution in [3.63, 3.8) is 0 Å². The largest absolute Gasteiger partial charge is 0.462 e. The summed E-state index contributed by atoms with van der Waals surface area (Å²) >= 11 is 2.47. The van der Waals surface area contributed by atoms with E-state index in [1.807, 2.05) is 0 Å². The quantitative estimate of drug-likeness (QED) is 0.291. The number of benzene rings is 1. The fourth-order valence-corrected chi connectivity index (χ4v) is 5.72. The minimum atomic E-state index is -0.450. The molecule has 31 heavy (non-hydrogen) atoms. The van der Waals surface area contributed by atoms with E-state index in [2.05, 4.69) is 0 Å². The maximum absolute atomic E-state index is 14.1. The van der Waals surface area contributed by atoms with Gasteiger partial charge in [-0.15, -0.1) is 11.3 Å². The normalized spacial score (nSPS) is 16.2. The third-order valence-corrected chi connectivity index (χ3v) is 7.39. The third kappa shape index (κ3) is 4.53. The van der Waals surface area contributed by atoms with Crippen molar-refractivity contribution < 1.29 is 18.7 Å². The molecule has 1 aromatic carbocycles. The summed E-state index contributed by atoms with van der Waals surface area (Å²) in [5.41, 5.74) is 0.920. The second-order valence-corrected chi connectivity index (χ2v) is 9.22. The number of esters is 1. The lowest BCUT2D eigenvalue weighted by atomic mass is 10.2. The zero-order chi connectivity index (χ0) is 22.0. The van der Waals surface area contributed by atoms with Gasteiger partial charge in [-0.05, 0) is 43.9 Å². The molecule has 1 fully saturated rings. The Morgan fingerprint density at radius 2 is 2.23 bits per heavy atom. The lowest BCUT2D eigenvalue weighted by Gasteiger charge is -2.16. The predicted octanol–water partition coefficient (Wildman–Crippen LogP) is 4.55. The van der Waals surface area contributed by atoms with Crippen molar-refractivity contribution in [2.45, 2.75) is 50.2 Å². The highest BCUT2D eigenvalue weighted by atomic mass is 32.2. The van der Waals surface area contributed by atoms with Crippen molar-refractivity contribution in [1.82, 2.24) is 9.55 Å². The summed E-state index contributed by atoms with van der Waals surface area (Å²) in [6, 6.07) is 6.56. The molecule has 6 nitrogen and oxygen atoms in total. The first-order valence-corrected chi connectivity index (χ1v) is 12.0. The topological polar surface area (TPSA) is 70.4 Å². The number of thioether (sulfide) groups is 1. The Balaban J connectivity index is 1.77. The average Bonchev–Trinajstić information content (AvgIpc) is 3.38. The van der Waals surface area contributed by atoms with Gasteiger partial charge >= 0.3 is 5.97 Å². The van der Waals surface area contributed by atoms with Gasteiger partial charge in [-0.2, -0.15) is 0 Å². The van der Waals surface area contributed by atoms with Crippen LogP contribution in [0.5, 0.6) is 0 Å². The Morgan fingerprint density at radius 3 is 2.94 bits per heavy atom. The van der Waals surface area contributed by atoms with Crippen LogP contribution in [0.2, 0.25) is 0 Å². The molecule has 9 heteroatoms. The van der Waals surface area contributed by atoms with E-state index in [1.54, 1.807) is 36.6 Å². The van der Waals surface area contributed by atoms with Crippen molar-refractivity contribution in [2.75, 3.05) is 13.2 Å². The van der Waals surface area contributed by atoms with E-state index in [0.29, 0.717) is 50.3 Å². The van der Waals surface area contributed by atoms with Gasteiger partial charge in [0, 0.05) is 12.4 Å². The number of thiophene rings is 1. The van der Waals surface area contributed by atoms with E-state index >= 15 is 0 Å². The second kappa shape index (κ2) is 9.50. The summed E-state index contributed by atoms with van der Waals surface area (Å²) in [5, 5.41) is 0.925. The van der Waals surface area contributed by atoms with Gasteiger partial charge in [0.05, 0.1) is 24.6 Å². The van der Waals surface area contributed by atoms with Crippen LogP contribution in [-0.4, -0.2) is 34.8 Å². The molecule has 1 saturated heterocycles. The van der Waals surface area contributed by atoms with Gasteiger partial charge in [-0.3, -0.25) is 9.36 Å². The standard InChI is InChI=1S/C22H23FN2O4S2/c1-3-28-21(27)18-13(2)17-19(31-18)24-22(30-12-14-7-4-5-9-16(14)23)25(20(17)26)11-15-8-6-10-29-15/h4-5,7,9,15H,3,6,8,10-12H2,1-2H3/t15-/m1/s1. The Morgan fingerprint density at radius 1 is 1.42 bits per heavy atom. The molecule has 0 radical (unpaired) electrons. The van der Waals surface area contributed by atoms with Gasteiger partial charge in [0.2, 0.25) is 0 Å². The average molecular weight is 463 g/mol. The van der Waals surface area contributed by atoms with E-state index in [9.17, 15) is 14.0 Å². The first-order valence-electron chi connectivity index (χ1n) is 10.2. The van der Waals surface area contributed by atoms with Gasteiger partial charge < -0.3 is 9.47 Å². The molecular weight excluding hydrogens is 439 g/mol. The Kier molecular flexibility index (Phi) is 6.74. The number of carbonyl (C=O) groups excluding carboxylic acids is 1. The van der Waals surface area contributed by atoms with Crippen molar-refractivity contribution in [3.05, 3.63) is 56.4 Å². The number of rotatable bonds is 7. The lowest BCUT2D eigenvalue weighted by Crippen LogP contribution is -2.28. The highest BCUT2D eigenvalue weighted by molar-refractivity contribution is 7.98. The number of ether oxygens (including phenoxy) is 2.